The normalized spacial score (nSPS) is 11.1. The second-order valence-electron chi connectivity index (χ2n) is 4.36. The van der Waals surface area contributed by atoms with Crippen molar-refractivity contribution in [2.45, 2.75) is 13.8 Å². The van der Waals surface area contributed by atoms with Crippen molar-refractivity contribution in [3.63, 3.8) is 0 Å². The number of thiazole rings is 1. The number of thiophene rings is 1. The predicted molar refractivity (Wildman–Crippen MR) is 83.9 cm³/mol. The van der Waals surface area contributed by atoms with Crippen LogP contribution in [-0.2, 0) is 4.79 Å². The molecule has 104 valence electrons. The quantitative estimate of drug-likeness (QED) is 0.804. The van der Waals surface area contributed by atoms with Crippen molar-refractivity contribution in [2.75, 3.05) is 13.2 Å². The number of aryl methyl sites for hydroxylation is 1. The van der Waals surface area contributed by atoms with Crippen molar-refractivity contribution >= 4 is 48.9 Å². The standard InChI is InChI=1S/C14H14N2O2S2/c1-3-15-12(17)7-18-10-6-11-13(16-8(2)20-11)14-9(10)4-5-19-14/h4-6H,3,7H2,1-2H3,(H,15,17). The Morgan fingerprint density at radius 3 is 3.15 bits per heavy atom. The molecule has 0 aliphatic carbocycles. The number of nitrogens with zero attached hydrogens (tertiary/aromatic N) is 1. The second-order valence-corrected chi connectivity index (χ2v) is 6.51. The van der Waals surface area contributed by atoms with E-state index in [0.29, 0.717) is 6.54 Å². The van der Waals surface area contributed by atoms with Crippen LogP contribution in [0.2, 0.25) is 0 Å². The van der Waals surface area contributed by atoms with Gasteiger partial charge in [0.15, 0.2) is 6.61 Å². The van der Waals surface area contributed by atoms with Gasteiger partial charge in [0.1, 0.15) is 5.75 Å². The molecule has 0 bridgehead atoms. The summed E-state index contributed by atoms with van der Waals surface area (Å²) in [5, 5.41) is 6.82. The molecule has 2 aromatic heterocycles. The van der Waals surface area contributed by atoms with Crippen LogP contribution < -0.4 is 10.1 Å². The lowest BCUT2D eigenvalue weighted by molar-refractivity contribution is -0.122. The molecule has 0 fully saturated rings. The largest absolute Gasteiger partial charge is 0.483 e. The van der Waals surface area contributed by atoms with Gasteiger partial charge < -0.3 is 10.1 Å². The number of hydrogen-bond donors (Lipinski definition) is 1. The molecule has 1 N–H and O–H groups in total. The van der Waals surface area contributed by atoms with E-state index >= 15 is 0 Å². The third kappa shape index (κ3) is 2.36. The molecule has 0 spiro atoms. The molecule has 0 aliphatic heterocycles. The lowest BCUT2D eigenvalue weighted by atomic mass is 10.2. The van der Waals surface area contributed by atoms with E-state index in [1.807, 2.05) is 31.4 Å². The summed E-state index contributed by atoms with van der Waals surface area (Å²) in [7, 11) is 0. The molecule has 0 unspecified atom stereocenters. The third-order valence-corrected chi connectivity index (χ3v) is 4.74. The van der Waals surface area contributed by atoms with E-state index in [1.165, 1.54) is 0 Å². The molecular weight excluding hydrogens is 292 g/mol. The second kappa shape index (κ2) is 5.38. The lowest BCUT2D eigenvalue weighted by Gasteiger charge is -2.07. The highest BCUT2D eigenvalue weighted by molar-refractivity contribution is 7.21. The van der Waals surface area contributed by atoms with E-state index < -0.39 is 0 Å². The zero-order valence-electron chi connectivity index (χ0n) is 11.2. The van der Waals surface area contributed by atoms with Gasteiger partial charge in [-0.25, -0.2) is 4.98 Å². The van der Waals surface area contributed by atoms with Crippen molar-refractivity contribution in [1.82, 2.24) is 10.3 Å². The summed E-state index contributed by atoms with van der Waals surface area (Å²) < 4.78 is 7.91. The molecule has 4 nitrogen and oxygen atoms in total. The number of carbonyl (C=O) groups excluding carboxylic acids is 1. The van der Waals surface area contributed by atoms with Gasteiger partial charge in [0, 0.05) is 18.0 Å². The van der Waals surface area contributed by atoms with Crippen LogP contribution in [0.25, 0.3) is 20.3 Å². The van der Waals surface area contributed by atoms with Crippen molar-refractivity contribution in [3.8, 4) is 5.75 Å². The molecule has 6 heteroatoms. The molecule has 1 amide bonds. The van der Waals surface area contributed by atoms with Crippen molar-refractivity contribution in [2.24, 2.45) is 0 Å². The van der Waals surface area contributed by atoms with Crippen LogP contribution in [0.1, 0.15) is 11.9 Å². The summed E-state index contributed by atoms with van der Waals surface area (Å²) in [6, 6.07) is 4.00. The minimum Gasteiger partial charge on any atom is -0.483 e. The van der Waals surface area contributed by atoms with Gasteiger partial charge in [0.05, 0.1) is 19.9 Å². The van der Waals surface area contributed by atoms with Crippen LogP contribution in [0.5, 0.6) is 5.75 Å². The summed E-state index contributed by atoms with van der Waals surface area (Å²) in [6.45, 7) is 4.55. The number of fused-ring (bicyclic) bond motifs is 3. The van der Waals surface area contributed by atoms with Crippen molar-refractivity contribution < 1.29 is 9.53 Å². The molecule has 0 radical (unpaired) electrons. The first-order valence-electron chi connectivity index (χ1n) is 6.36. The van der Waals surface area contributed by atoms with E-state index in [0.717, 1.165) is 31.1 Å². The summed E-state index contributed by atoms with van der Waals surface area (Å²) in [5.74, 6) is 0.653. The van der Waals surface area contributed by atoms with Crippen molar-refractivity contribution in [1.29, 1.82) is 0 Å². The van der Waals surface area contributed by atoms with Gasteiger partial charge in [0.2, 0.25) is 0 Å². The number of carbonyl (C=O) groups is 1. The lowest BCUT2D eigenvalue weighted by Crippen LogP contribution is -2.28. The molecule has 0 saturated heterocycles. The van der Waals surface area contributed by atoms with E-state index in [-0.39, 0.29) is 12.5 Å². The molecule has 3 rings (SSSR count). The van der Waals surface area contributed by atoms with Crippen LogP contribution >= 0.6 is 22.7 Å². The van der Waals surface area contributed by atoms with Gasteiger partial charge in [-0.1, -0.05) is 0 Å². The predicted octanol–water partition coefficient (Wildman–Crippen LogP) is 3.33. The number of ether oxygens (including phenoxy) is 1. The minimum atomic E-state index is -0.100. The minimum absolute atomic E-state index is 0.0437. The Hall–Kier alpha value is -1.66. The molecule has 0 atom stereocenters. The maximum Gasteiger partial charge on any atom is 0.257 e. The van der Waals surface area contributed by atoms with Gasteiger partial charge in [-0.15, -0.1) is 22.7 Å². The Labute approximate surface area is 124 Å². The topological polar surface area (TPSA) is 51.2 Å². The Morgan fingerprint density at radius 1 is 1.50 bits per heavy atom. The number of likely N-dealkylation sites (N-methyl/N-ethyl adjacent to an activating group) is 1. The first-order valence-corrected chi connectivity index (χ1v) is 8.05. The molecule has 20 heavy (non-hydrogen) atoms. The highest BCUT2D eigenvalue weighted by atomic mass is 32.1. The van der Waals surface area contributed by atoms with Crippen molar-refractivity contribution in [3.05, 3.63) is 22.5 Å². The maximum atomic E-state index is 11.5. The van der Waals surface area contributed by atoms with Gasteiger partial charge in [0.25, 0.3) is 5.91 Å². The number of aromatic nitrogens is 1. The summed E-state index contributed by atoms with van der Waals surface area (Å²) in [5.41, 5.74) is 1.03. The molecule has 0 aliphatic rings. The van der Waals surface area contributed by atoms with Gasteiger partial charge >= 0.3 is 0 Å². The van der Waals surface area contributed by atoms with Gasteiger partial charge in [-0.3, -0.25) is 4.79 Å². The van der Waals surface area contributed by atoms with E-state index in [1.54, 1.807) is 22.7 Å². The fourth-order valence-electron chi connectivity index (χ4n) is 2.10. The Balaban J connectivity index is 2.00. The zero-order valence-corrected chi connectivity index (χ0v) is 12.9. The van der Waals surface area contributed by atoms with Crippen LogP contribution in [0.3, 0.4) is 0 Å². The summed E-state index contributed by atoms with van der Waals surface area (Å²) in [6.07, 6.45) is 0. The number of amides is 1. The third-order valence-electron chi connectivity index (χ3n) is 2.90. The smallest absolute Gasteiger partial charge is 0.257 e. The molecular formula is C14H14N2O2S2. The molecule has 1 aromatic carbocycles. The fourth-order valence-corrected chi connectivity index (χ4v) is 3.93. The Morgan fingerprint density at radius 2 is 2.35 bits per heavy atom. The highest BCUT2D eigenvalue weighted by Crippen LogP contribution is 2.38. The maximum absolute atomic E-state index is 11.5. The number of hydrogen-bond acceptors (Lipinski definition) is 5. The average Bonchev–Trinajstić information content (AvgIpc) is 3.01. The van der Waals surface area contributed by atoms with Gasteiger partial charge in [-0.05, 0) is 25.3 Å². The number of rotatable bonds is 4. The monoisotopic (exact) mass is 306 g/mol. The molecule has 2 heterocycles. The number of benzene rings is 1. The van der Waals surface area contributed by atoms with Crippen LogP contribution in [0, 0.1) is 6.92 Å². The van der Waals surface area contributed by atoms with E-state index in [4.69, 9.17) is 4.74 Å². The first kappa shape index (κ1) is 13.3. The van der Waals surface area contributed by atoms with E-state index in [2.05, 4.69) is 10.3 Å². The van der Waals surface area contributed by atoms with Crippen LogP contribution in [0.15, 0.2) is 17.5 Å². The number of nitrogens with one attached hydrogen (secondary N) is 1. The Kier molecular flexibility index (Phi) is 3.58. The average molecular weight is 306 g/mol. The van der Waals surface area contributed by atoms with Crippen LogP contribution in [0.4, 0.5) is 0 Å². The van der Waals surface area contributed by atoms with Gasteiger partial charge in [-0.2, -0.15) is 0 Å². The van der Waals surface area contributed by atoms with E-state index in [9.17, 15) is 4.79 Å². The van der Waals surface area contributed by atoms with Crippen LogP contribution in [-0.4, -0.2) is 24.0 Å². The zero-order chi connectivity index (χ0) is 14.1. The fraction of sp³-hybridized carbons (Fsp3) is 0.286. The molecule has 3 aromatic rings. The summed E-state index contributed by atoms with van der Waals surface area (Å²) >= 11 is 3.30. The first-order chi connectivity index (χ1) is 9.69. The highest BCUT2D eigenvalue weighted by Gasteiger charge is 2.13. The molecule has 0 saturated carbocycles. The summed E-state index contributed by atoms with van der Waals surface area (Å²) in [4.78, 5) is 16.1. The SMILES string of the molecule is CCNC(=O)COc1cc2sc(C)nc2c2sccc12. The Bertz CT molecular complexity index is 776.